The summed E-state index contributed by atoms with van der Waals surface area (Å²) in [5.41, 5.74) is -0.834. The van der Waals surface area contributed by atoms with Crippen LogP contribution >= 0.6 is 11.6 Å². The molecule has 10 heteroatoms. The molecule has 4 aromatic rings. The van der Waals surface area contributed by atoms with Crippen LogP contribution < -0.4 is 0 Å². The molecule has 188 valence electrons. The minimum Gasteiger partial charge on any atom is -0.444 e. The molecular weight excluding hydrogens is 534 g/mol. The number of carbonyl (C=O) groups excluding carboxylic acids is 1. The van der Waals surface area contributed by atoms with Crippen LogP contribution in [-0.4, -0.2) is 33.1 Å². The number of carbonyl (C=O) groups is 1. The number of nitrogens with zero attached hydrogens (tertiary/aromatic N) is 1. The Hall–Kier alpha value is -3.50. The number of halogens is 1. The number of hydrogen-bond donors (Lipinski definition) is 0. The molecule has 5 rings (SSSR count). The van der Waals surface area contributed by atoms with Gasteiger partial charge < -0.3 is 4.74 Å². The molecule has 0 saturated carbocycles. The number of sulfonamides is 2. The SMILES string of the molecule is O=C1OC(CN(S(=O)(=O)c2ccccc2)S(=O)(=O)c2ccccc2)(c2ccc(Cl)cc2)c2ccccc21. The highest BCUT2D eigenvalue weighted by Crippen LogP contribution is 2.44. The summed E-state index contributed by atoms with van der Waals surface area (Å²) in [6, 6.07) is 27.3. The van der Waals surface area contributed by atoms with E-state index in [1.54, 1.807) is 60.7 Å². The third-order valence-corrected chi connectivity index (χ3v) is 10.6. The Morgan fingerprint density at radius 2 is 1.16 bits per heavy atom. The van der Waals surface area contributed by atoms with E-state index in [9.17, 15) is 21.6 Å². The molecule has 0 aliphatic carbocycles. The zero-order valence-corrected chi connectivity index (χ0v) is 21.6. The zero-order valence-electron chi connectivity index (χ0n) is 19.2. The van der Waals surface area contributed by atoms with Gasteiger partial charge >= 0.3 is 5.97 Å². The Morgan fingerprint density at radius 1 is 0.676 bits per heavy atom. The van der Waals surface area contributed by atoms with Gasteiger partial charge in [0.1, 0.15) is 0 Å². The molecule has 0 spiro atoms. The second-order valence-corrected chi connectivity index (χ2v) is 12.7. The fourth-order valence-corrected chi connectivity index (χ4v) is 8.18. The Kier molecular flexibility index (Phi) is 6.41. The minimum absolute atomic E-state index is 0.214. The Bertz CT molecular complexity index is 1610. The minimum atomic E-state index is -4.64. The molecular formula is C27H20ClNO6S2. The number of rotatable bonds is 7. The quantitative estimate of drug-likeness (QED) is 0.304. The summed E-state index contributed by atoms with van der Waals surface area (Å²) in [5.74, 6) is -0.695. The lowest BCUT2D eigenvalue weighted by atomic mass is 9.85. The lowest BCUT2D eigenvalue weighted by Crippen LogP contribution is -2.47. The summed E-state index contributed by atoms with van der Waals surface area (Å²) < 4.78 is 62.1. The van der Waals surface area contributed by atoms with Gasteiger partial charge in [-0.1, -0.05) is 82.0 Å². The first kappa shape index (κ1) is 25.2. The standard InChI is InChI=1S/C27H20ClNO6S2/c28-21-17-15-20(16-18-21)27(25-14-8-7-13-24(25)26(30)35-27)19-29(36(31,32)22-9-3-1-4-10-22)37(33,34)23-11-5-2-6-12-23/h1-18H,19H2. The molecule has 0 N–H and O–H groups in total. The number of benzene rings is 4. The molecule has 37 heavy (non-hydrogen) atoms. The molecule has 4 aromatic carbocycles. The topological polar surface area (TPSA) is 97.8 Å². The maximum atomic E-state index is 13.9. The van der Waals surface area contributed by atoms with E-state index < -0.39 is 38.2 Å². The van der Waals surface area contributed by atoms with Crippen LogP contribution in [0.1, 0.15) is 21.5 Å². The van der Waals surface area contributed by atoms with Crippen molar-refractivity contribution in [2.75, 3.05) is 6.54 Å². The molecule has 1 atom stereocenters. The summed E-state index contributed by atoms with van der Waals surface area (Å²) in [6.07, 6.45) is 0. The highest BCUT2D eigenvalue weighted by Gasteiger charge is 2.52. The number of cyclic esters (lactones) is 1. The summed E-state index contributed by atoms with van der Waals surface area (Å²) in [7, 11) is -9.28. The number of ether oxygens (including phenoxy) is 1. The third kappa shape index (κ3) is 4.34. The fraction of sp³-hybridized carbons (Fsp3) is 0.0741. The van der Waals surface area contributed by atoms with Crippen molar-refractivity contribution in [1.29, 1.82) is 0 Å². The van der Waals surface area contributed by atoms with Crippen molar-refractivity contribution in [2.45, 2.75) is 15.4 Å². The van der Waals surface area contributed by atoms with Crippen LogP contribution in [0.5, 0.6) is 0 Å². The fourth-order valence-electron chi connectivity index (χ4n) is 4.32. The zero-order chi connectivity index (χ0) is 26.3. The molecule has 0 saturated heterocycles. The van der Waals surface area contributed by atoms with E-state index >= 15 is 0 Å². The third-order valence-electron chi connectivity index (χ3n) is 6.13. The van der Waals surface area contributed by atoms with E-state index in [2.05, 4.69) is 0 Å². The van der Waals surface area contributed by atoms with Gasteiger partial charge in [0.15, 0.2) is 5.60 Å². The van der Waals surface area contributed by atoms with Gasteiger partial charge in [0.2, 0.25) is 0 Å². The van der Waals surface area contributed by atoms with Crippen molar-refractivity contribution in [2.24, 2.45) is 0 Å². The van der Waals surface area contributed by atoms with E-state index in [1.807, 2.05) is 0 Å². The predicted molar refractivity (Wildman–Crippen MR) is 138 cm³/mol. The van der Waals surface area contributed by atoms with Gasteiger partial charge in [-0.25, -0.2) is 21.6 Å². The van der Waals surface area contributed by atoms with Gasteiger partial charge in [0, 0.05) is 16.1 Å². The second-order valence-electron chi connectivity index (χ2n) is 8.34. The Balaban J connectivity index is 1.77. The van der Waals surface area contributed by atoms with E-state index in [0.717, 1.165) is 0 Å². The molecule has 1 aliphatic rings. The molecule has 0 aromatic heterocycles. The molecule has 0 amide bonds. The summed E-state index contributed by atoms with van der Waals surface area (Å²) in [6.45, 7) is -0.730. The maximum Gasteiger partial charge on any atom is 0.339 e. The van der Waals surface area contributed by atoms with Gasteiger partial charge in [-0.05, 0) is 42.5 Å². The number of fused-ring (bicyclic) bond motifs is 1. The monoisotopic (exact) mass is 553 g/mol. The van der Waals surface area contributed by atoms with Crippen molar-refractivity contribution in [3.05, 3.63) is 131 Å². The molecule has 0 radical (unpaired) electrons. The van der Waals surface area contributed by atoms with Gasteiger partial charge in [-0.2, -0.15) is 0 Å². The van der Waals surface area contributed by atoms with Crippen LogP contribution in [0, 0.1) is 0 Å². The lowest BCUT2D eigenvalue weighted by Gasteiger charge is -2.34. The smallest absolute Gasteiger partial charge is 0.339 e. The predicted octanol–water partition coefficient (Wildman–Crippen LogP) is 4.83. The first-order valence-corrected chi connectivity index (χ1v) is 14.4. The van der Waals surface area contributed by atoms with Crippen LogP contribution in [0.15, 0.2) is 119 Å². The first-order chi connectivity index (χ1) is 17.7. The molecule has 0 bridgehead atoms. The van der Waals surface area contributed by atoms with Gasteiger partial charge in [0.05, 0.1) is 21.9 Å². The van der Waals surface area contributed by atoms with E-state index in [4.69, 9.17) is 16.3 Å². The van der Waals surface area contributed by atoms with Crippen molar-refractivity contribution >= 4 is 37.6 Å². The second kappa shape index (κ2) is 9.42. The molecule has 1 unspecified atom stereocenters. The van der Waals surface area contributed by atoms with E-state index in [-0.39, 0.29) is 15.4 Å². The van der Waals surface area contributed by atoms with Crippen LogP contribution in [-0.2, 0) is 30.4 Å². The van der Waals surface area contributed by atoms with Crippen molar-refractivity contribution in [1.82, 2.24) is 3.71 Å². The van der Waals surface area contributed by atoms with Crippen LogP contribution in [0.3, 0.4) is 0 Å². The highest BCUT2D eigenvalue weighted by atomic mass is 35.5. The summed E-state index contributed by atoms with van der Waals surface area (Å²) in [5, 5.41) is 0.405. The normalized spacial score (nSPS) is 17.4. The van der Waals surface area contributed by atoms with E-state index in [0.29, 0.717) is 19.9 Å². The molecule has 0 fully saturated rings. The average Bonchev–Trinajstić information content (AvgIpc) is 3.21. The van der Waals surface area contributed by atoms with Gasteiger partial charge in [-0.3, -0.25) is 0 Å². The number of hydrogen-bond acceptors (Lipinski definition) is 6. The van der Waals surface area contributed by atoms with Crippen molar-refractivity contribution < 1.29 is 26.4 Å². The van der Waals surface area contributed by atoms with Crippen molar-refractivity contribution in [3.63, 3.8) is 0 Å². The number of esters is 1. The summed E-state index contributed by atoms with van der Waals surface area (Å²) in [4.78, 5) is 12.5. The van der Waals surface area contributed by atoms with Crippen molar-refractivity contribution in [3.8, 4) is 0 Å². The molecule has 1 aliphatic heterocycles. The first-order valence-electron chi connectivity index (χ1n) is 11.1. The van der Waals surface area contributed by atoms with Crippen LogP contribution in [0.4, 0.5) is 0 Å². The lowest BCUT2D eigenvalue weighted by molar-refractivity contribution is 0.00824. The van der Waals surface area contributed by atoms with Gasteiger partial charge in [0.25, 0.3) is 20.0 Å². The van der Waals surface area contributed by atoms with Crippen LogP contribution in [0.25, 0.3) is 0 Å². The average molecular weight is 554 g/mol. The van der Waals surface area contributed by atoms with Gasteiger partial charge in [-0.15, -0.1) is 0 Å². The summed E-state index contributed by atoms with van der Waals surface area (Å²) >= 11 is 6.09. The Morgan fingerprint density at radius 3 is 1.70 bits per heavy atom. The largest absolute Gasteiger partial charge is 0.444 e. The Labute approximate surface area is 220 Å². The maximum absolute atomic E-state index is 13.9. The molecule has 1 heterocycles. The van der Waals surface area contributed by atoms with E-state index in [1.165, 1.54) is 48.5 Å². The van der Waals surface area contributed by atoms with Crippen LogP contribution in [0.2, 0.25) is 5.02 Å². The highest BCUT2D eigenvalue weighted by molar-refractivity contribution is 8.04. The molecule has 7 nitrogen and oxygen atoms in total.